The molecule has 7 heteroatoms. The first-order valence-electron chi connectivity index (χ1n) is 9.72. The molecule has 3 aliphatic rings. The quantitative estimate of drug-likeness (QED) is 0.402. The van der Waals surface area contributed by atoms with E-state index in [9.17, 15) is 19.2 Å². The van der Waals surface area contributed by atoms with Crippen molar-refractivity contribution in [1.82, 2.24) is 0 Å². The van der Waals surface area contributed by atoms with Crippen LogP contribution in [-0.2, 0) is 33.4 Å². The van der Waals surface area contributed by atoms with Gasteiger partial charge in [-0.3, -0.25) is 19.2 Å². The highest BCUT2D eigenvalue weighted by Crippen LogP contribution is 2.72. The highest BCUT2D eigenvalue weighted by atomic mass is 16.6. The van der Waals surface area contributed by atoms with Gasteiger partial charge in [-0.1, -0.05) is 13.8 Å². The van der Waals surface area contributed by atoms with Gasteiger partial charge in [0.2, 0.25) is 0 Å². The van der Waals surface area contributed by atoms with Crippen molar-refractivity contribution in [2.24, 2.45) is 28.6 Å². The molecule has 0 aromatic rings. The first-order valence-corrected chi connectivity index (χ1v) is 9.72. The molecule has 28 heavy (non-hydrogen) atoms. The van der Waals surface area contributed by atoms with Crippen molar-refractivity contribution >= 4 is 24.2 Å². The molecule has 0 radical (unpaired) electrons. The van der Waals surface area contributed by atoms with Crippen molar-refractivity contribution in [2.45, 2.75) is 59.7 Å². The van der Waals surface area contributed by atoms with Crippen LogP contribution in [0.1, 0.15) is 47.5 Å². The Bertz CT molecular complexity index is 737. The van der Waals surface area contributed by atoms with Crippen LogP contribution >= 0.6 is 0 Å². The summed E-state index contributed by atoms with van der Waals surface area (Å²) in [7, 11) is 0. The average molecular weight is 392 g/mol. The molecule has 0 N–H and O–H groups in total. The van der Waals surface area contributed by atoms with E-state index < -0.39 is 29.6 Å². The summed E-state index contributed by atoms with van der Waals surface area (Å²) in [6.07, 6.45) is 2.79. The Labute approximate surface area is 164 Å². The van der Waals surface area contributed by atoms with E-state index in [-0.39, 0.29) is 35.7 Å². The molecule has 2 fully saturated rings. The van der Waals surface area contributed by atoms with Crippen molar-refractivity contribution in [3.05, 3.63) is 11.6 Å². The van der Waals surface area contributed by atoms with E-state index in [2.05, 4.69) is 13.8 Å². The Morgan fingerprint density at radius 3 is 2.25 bits per heavy atom. The molecule has 2 saturated carbocycles. The zero-order valence-electron chi connectivity index (χ0n) is 17.0. The van der Waals surface area contributed by atoms with Crippen molar-refractivity contribution in [3.63, 3.8) is 0 Å². The minimum Gasteiger partial charge on any atom is -0.466 e. The Balaban J connectivity index is 2.17. The normalized spacial score (nSPS) is 37.5. The van der Waals surface area contributed by atoms with Crippen LogP contribution in [-0.4, -0.2) is 43.0 Å². The zero-order chi connectivity index (χ0) is 20.9. The lowest BCUT2D eigenvalue weighted by Gasteiger charge is -2.45. The number of rotatable bonds is 5. The Hall–Kier alpha value is -2.18. The molecule has 6 atom stereocenters. The van der Waals surface area contributed by atoms with Crippen molar-refractivity contribution in [1.29, 1.82) is 0 Å². The third kappa shape index (κ3) is 2.86. The van der Waals surface area contributed by atoms with E-state index in [0.29, 0.717) is 5.57 Å². The Morgan fingerprint density at radius 1 is 1.07 bits per heavy atom. The van der Waals surface area contributed by atoms with Crippen LogP contribution in [0.2, 0.25) is 0 Å². The summed E-state index contributed by atoms with van der Waals surface area (Å²) in [5, 5.41) is 0. The second kappa shape index (κ2) is 7.01. The number of hydrogen-bond donors (Lipinski definition) is 0. The Morgan fingerprint density at radius 2 is 1.71 bits per heavy atom. The lowest BCUT2D eigenvalue weighted by molar-refractivity contribution is -0.168. The fourth-order valence-electron chi connectivity index (χ4n) is 6.32. The molecule has 2 bridgehead atoms. The molecule has 0 amide bonds. The molecule has 0 saturated heterocycles. The molecule has 0 aromatic carbocycles. The van der Waals surface area contributed by atoms with Gasteiger partial charge in [0.05, 0.1) is 6.61 Å². The average Bonchev–Trinajstić information content (AvgIpc) is 3.00. The van der Waals surface area contributed by atoms with Gasteiger partial charge in [0, 0.05) is 43.6 Å². The summed E-state index contributed by atoms with van der Waals surface area (Å²) in [6.45, 7) is 8.33. The summed E-state index contributed by atoms with van der Waals surface area (Å²) in [4.78, 5) is 47.3. The van der Waals surface area contributed by atoms with Crippen LogP contribution in [0.4, 0.5) is 0 Å². The van der Waals surface area contributed by atoms with E-state index in [1.807, 2.05) is 0 Å². The van der Waals surface area contributed by atoms with Gasteiger partial charge >= 0.3 is 17.9 Å². The lowest BCUT2D eigenvalue weighted by atomic mass is 9.63. The minimum atomic E-state index is -0.742. The molecule has 1 spiro atoms. The lowest BCUT2D eigenvalue weighted by Crippen LogP contribution is -2.52. The molecular formula is C21H28O7. The van der Waals surface area contributed by atoms with Crippen LogP contribution in [0.15, 0.2) is 11.6 Å². The van der Waals surface area contributed by atoms with Gasteiger partial charge in [-0.15, -0.1) is 0 Å². The van der Waals surface area contributed by atoms with Crippen LogP contribution < -0.4 is 0 Å². The van der Waals surface area contributed by atoms with Crippen LogP contribution in [0.5, 0.6) is 0 Å². The predicted molar refractivity (Wildman–Crippen MR) is 97.8 cm³/mol. The molecule has 154 valence electrons. The van der Waals surface area contributed by atoms with Crippen molar-refractivity contribution in [3.8, 4) is 0 Å². The van der Waals surface area contributed by atoms with E-state index in [1.54, 1.807) is 6.08 Å². The van der Waals surface area contributed by atoms with Crippen LogP contribution in [0, 0.1) is 28.6 Å². The molecule has 0 heterocycles. The molecule has 0 aliphatic heterocycles. The van der Waals surface area contributed by atoms with Gasteiger partial charge in [0.15, 0.2) is 0 Å². The molecule has 3 aliphatic carbocycles. The number of aldehydes is 1. The maximum absolute atomic E-state index is 12.2. The number of esters is 3. The fourth-order valence-corrected chi connectivity index (χ4v) is 6.32. The van der Waals surface area contributed by atoms with Crippen LogP contribution in [0.3, 0.4) is 0 Å². The summed E-state index contributed by atoms with van der Waals surface area (Å²) in [6, 6.07) is 0. The first kappa shape index (κ1) is 20.6. The second-order valence-electron chi connectivity index (χ2n) is 8.75. The Kier molecular flexibility index (Phi) is 5.15. The summed E-state index contributed by atoms with van der Waals surface area (Å²) in [5.74, 6) is -1.68. The molecule has 7 nitrogen and oxygen atoms in total. The monoisotopic (exact) mass is 392 g/mol. The number of carbonyl (C=O) groups is 4. The highest BCUT2D eigenvalue weighted by molar-refractivity contribution is 5.79. The maximum atomic E-state index is 12.2. The number of carbonyl (C=O) groups excluding carboxylic acids is 4. The topological polar surface area (TPSA) is 96.0 Å². The van der Waals surface area contributed by atoms with Gasteiger partial charge < -0.3 is 14.2 Å². The van der Waals surface area contributed by atoms with Gasteiger partial charge in [-0.2, -0.15) is 0 Å². The van der Waals surface area contributed by atoms with Gasteiger partial charge in [-0.05, 0) is 30.3 Å². The zero-order valence-corrected chi connectivity index (χ0v) is 17.0. The maximum Gasteiger partial charge on any atom is 0.303 e. The molecule has 0 aromatic heterocycles. The van der Waals surface area contributed by atoms with Gasteiger partial charge in [0.25, 0.3) is 0 Å². The summed E-state index contributed by atoms with van der Waals surface area (Å²) in [5.41, 5.74) is -0.619. The van der Waals surface area contributed by atoms with Crippen molar-refractivity contribution in [2.75, 3.05) is 6.61 Å². The standard InChI is InChI=1S/C21H28O7/c1-11(23)26-10-14-6-7-17-20(4,5)18-16(27-12(2)24)8-15(9-22)21(14,17)19(18)28-13(3)25/h8-9,14,16-19H,6-7,10H2,1-5H3/t14-,16+,17-,18+,19?,21+/m1/s1. The predicted octanol–water partition coefficient (Wildman–Crippen LogP) is 2.22. The number of ether oxygens (including phenoxy) is 3. The first-order chi connectivity index (χ1) is 13.1. The van der Waals surface area contributed by atoms with E-state index in [0.717, 1.165) is 19.1 Å². The fraction of sp³-hybridized carbons (Fsp3) is 0.714. The van der Waals surface area contributed by atoms with E-state index in [4.69, 9.17) is 14.2 Å². The van der Waals surface area contributed by atoms with E-state index >= 15 is 0 Å². The van der Waals surface area contributed by atoms with Crippen molar-refractivity contribution < 1.29 is 33.4 Å². The second-order valence-corrected chi connectivity index (χ2v) is 8.75. The SMILES string of the molecule is CC(=O)OC[C@H]1CC[C@@H]2C(C)(C)[C@@H]3C(OC(C)=O)[C@]12C(C=O)=C[C@@H]3OC(C)=O. The third-order valence-electron chi connectivity index (χ3n) is 7.02. The number of hydrogen-bond acceptors (Lipinski definition) is 7. The van der Waals surface area contributed by atoms with Gasteiger partial charge in [-0.25, -0.2) is 0 Å². The third-order valence-corrected chi connectivity index (χ3v) is 7.02. The van der Waals surface area contributed by atoms with Gasteiger partial charge in [0.1, 0.15) is 18.5 Å². The van der Waals surface area contributed by atoms with Crippen LogP contribution in [0.25, 0.3) is 0 Å². The van der Waals surface area contributed by atoms with E-state index in [1.165, 1.54) is 20.8 Å². The summed E-state index contributed by atoms with van der Waals surface area (Å²) < 4.78 is 16.7. The largest absolute Gasteiger partial charge is 0.466 e. The molecule has 3 rings (SSSR count). The smallest absolute Gasteiger partial charge is 0.303 e. The highest BCUT2D eigenvalue weighted by Gasteiger charge is 2.74. The number of fused-ring (bicyclic) bond motifs is 1. The summed E-state index contributed by atoms with van der Waals surface area (Å²) >= 11 is 0. The minimum absolute atomic E-state index is 0.0342. The molecule has 1 unspecified atom stereocenters. The molecular weight excluding hydrogens is 364 g/mol.